The van der Waals surface area contributed by atoms with Gasteiger partial charge in [0.25, 0.3) is 0 Å². The highest BCUT2D eigenvalue weighted by Crippen LogP contribution is 2.44. The summed E-state index contributed by atoms with van der Waals surface area (Å²) in [6, 6.07) is 0. The monoisotopic (exact) mass is 260 g/mol. The summed E-state index contributed by atoms with van der Waals surface area (Å²) in [5, 5.41) is 20.2. The van der Waals surface area contributed by atoms with Crippen molar-refractivity contribution in [2.24, 2.45) is 0 Å². The van der Waals surface area contributed by atoms with Crippen LogP contribution < -0.4 is 0 Å². The molecule has 2 saturated heterocycles. The Balaban J connectivity index is 1.91. The third-order valence-electron chi connectivity index (χ3n) is 3.67. The van der Waals surface area contributed by atoms with E-state index < -0.39 is 48.2 Å². The molecule has 6 heteroatoms. The molecule has 0 bridgehead atoms. The van der Waals surface area contributed by atoms with Crippen LogP contribution in [-0.2, 0) is 18.9 Å². The van der Waals surface area contributed by atoms with E-state index >= 15 is 0 Å². The number of fused-ring (bicyclic) bond motifs is 3. The summed E-state index contributed by atoms with van der Waals surface area (Å²) in [6.07, 6.45) is -4.09. The van der Waals surface area contributed by atoms with Crippen LogP contribution in [0.1, 0.15) is 27.7 Å². The van der Waals surface area contributed by atoms with Crippen molar-refractivity contribution in [3.05, 3.63) is 0 Å². The molecule has 6 atom stereocenters. The lowest BCUT2D eigenvalue weighted by atomic mass is 9.85. The molecular formula is C12H20O6. The first kappa shape index (κ1) is 12.8. The van der Waals surface area contributed by atoms with Crippen molar-refractivity contribution >= 4 is 0 Å². The summed E-state index contributed by atoms with van der Waals surface area (Å²) < 4.78 is 22.8. The fourth-order valence-corrected chi connectivity index (χ4v) is 3.06. The van der Waals surface area contributed by atoms with Crippen molar-refractivity contribution in [3.8, 4) is 0 Å². The van der Waals surface area contributed by atoms with Crippen LogP contribution in [0.25, 0.3) is 0 Å². The van der Waals surface area contributed by atoms with E-state index in [4.69, 9.17) is 18.9 Å². The highest BCUT2D eigenvalue weighted by molar-refractivity contribution is 5.07. The van der Waals surface area contributed by atoms with Crippen molar-refractivity contribution < 1.29 is 29.2 Å². The predicted octanol–water partition coefficient (Wildman–Crippen LogP) is -0.238. The first-order valence-corrected chi connectivity index (χ1v) is 6.28. The van der Waals surface area contributed by atoms with E-state index in [2.05, 4.69) is 0 Å². The average molecular weight is 260 g/mol. The molecule has 18 heavy (non-hydrogen) atoms. The van der Waals surface area contributed by atoms with Crippen molar-refractivity contribution in [3.63, 3.8) is 0 Å². The van der Waals surface area contributed by atoms with E-state index in [-0.39, 0.29) is 0 Å². The standard InChI is InChI=1S/C12H20O6/c1-11(2)15-7-5(13)6(14)8-10(9(7)17-11)18-12(3,4)16-8/h5-10,13-14H,1-4H3/t5-,6-,7+,8+,9+,10+/m1/s1. The lowest BCUT2D eigenvalue weighted by Gasteiger charge is -2.38. The first-order valence-electron chi connectivity index (χ1n) is 6.28. The quantitative estimate of drug-likeness (QED) is 0.626. The zero-order valence-corrected chi connectivity index (χ0v) is 11.0. The molecule has 1 aliphatic carbocycles. The molecule has 3 fully saturated rings. The number of hydrogen-bond acceptors (Lipinski definition) is 6. The van der Waals surface area contributed by atoms with Crippen LogP contribution in [-0.4, -0.2) is 58.4 Å². The predicted molar refractivity (Wildman–Crippen MR) is 59.7 cm³/mol. The van der Waals surface area contributed by atoms with Gasteiger partial charge in [-0.3, -0.25) is 0 Å². The van der Waals surface area contributed by atoms with Crippen LogP contribution in [0.5, 0.6) is 0 Å². The molecule has 0 aromatic rings. The molecule has 0 spiro atoms. The van der Waals surface area contributed by atoms with Crippen LogP contribution in [0.15, 0.2) is 0 Å². The Morgan fingerprint density at radius 3 is 1.22 bits per heavy atom. The number of rotatable bonds is 0. The molecule has 2 heterocycles. The van der Waals surface area contributed by atoms with Gasteiger partial charge >= 0.3 is 0 Å². The van der Waals surface area contributed by atoms with Gasteiger partial charge in [-0.15, -0.1) is 0 Å². The molecule has 3 rings (SSSR count). The fourth-order valence-electron chi connectivity index (χ4n) is 3.06. The maximum Gasteiger partial charge on any atom is 0.164 e. The topological polar surface area (TPSA) is 77.4 Å². The zero-order chi connectivity index (χ0) is 13.3. The third kappa shape index (κ3) is 1.79. The number of ether oxygens (including phenoxy) is 4. The number of aliphatic hydroxyl groups is 2. The Bertz CT molecular complexity index is 320. The second kappa shape index (κ2) is 3.65. The molecule has 2 aliphatic heterocycles. The van der Waals surface area contributed by atoms with Crippen molar-refractivity contribution in [2.75, 3.05) is 0 Å². The van der Waals surface area contributed by atoms with Gasteiger partial charge in [0.1, 0.15) is 36.6 Å². The minimum absolute atomic E-state index is 0.426. The highest BCUT2D eigenvalue weighted by atomic mass is 16.8. The lowest BCUT2D eigenvalue weighted by molar-refractivity contribution is -0.185. The molecule has 0 unspecified atom stereocenters. The molecule has 0 aromatic heterocycles. The lowest BCUT2D eigenvalue weighted by Crippen LogP contribution is -2.61. The summed E-state index contributed by atoms with van der Waals surface area (Å²) in [6.45, 7) is 7.11. The molecule has 104 valence electrons. The van der Waals surface area contributed by atoms with E-state index in [0.717, 1.165) is 0 Å². The van der Waals surface area contributed by atoms with E-state index in [1.54, 1.807) is 27.7 Å². The molecule has 1 saturated carbocycles. The minimum Gasteiger partial charge on any atom is -0.387 e. The SMILES string of the molecule is CC1(C)O[C@@H]2[C@H]3OC(C)(C)O[C@H]3[C@H](O)[C@@H](O)[C@@H]2O1. The zero-order valence-electron chi connectivity index (χ0n) is 11.0. The largest absolute Gasteiger partial charge is 0.387 e. The summed E-state index contributed by atoms with van der Waals surface area (Å²) >= 11 is 0. The molecule has 3 aliphatic rings. The van der Waals surface area contributed by atoms with E-state index in [1.165, 1.54) is 0 Å². The number of hydrogen-bond donors (Lipinski definition) is 2. The Kier molecular flexibility index (Phi) is 2.59. The fraction of sp³-hybridized carbons (Fsp3) is 1.00. The van der Waals surface area contributed by atoms with E-state index in [9.17, 15) is 10.2 Å². The summed E-state index contributed by atoms with van der Waals surface area (Å²) in [7, 11) is 0. The Morgan fingerprint density at radius 1 is 0.611 bits per heavy atom. The third-order valence-corrected chi connectivity index (χ3v) is 3.67. The Hall–Kier alpha value is -0.240. The maximum atomic E-state index is 10.1. The molecule has 0 radical (unpaired) electrons. The van der Waals surface area contributed by atoms with Crippen LogP contribution in [0.2, 0.25) is 0 Å². The summed E-state index contributed by atoms with van der Waals surface area (Å²) in [5.74, 6) is -1.58. The van der Waals surface area contributed by atoms with E-state index in [1.807, 2.05) is 0 Å². The molecule has 2 N–H and O–H groups in total. The van der Waals surface area contributed by atoms with E-state index in [0.29, 0.717) is 0 Å². The molecule has 0 aromatic carbocycles. The van der Waals surface area contributed by atoms with Gasteiger partial charge in [-0.1, -0.05) is 0 Å². The average Bonchev–Trinajstić information content (AvgIpc) is 2.71. The summed E-state index contributed by atoms with van der Waals surface area (Å²) in [5.41, 5.74) is 0. The second-order valence-electron chi connectivity index (χ2n) is 6.11. The molecular weight excluding hydrogens is 240 g/mol. The normalized spacial score (nSPS) is 53.0. The van der Waals surface area contributed by atoms with Gasteiger partial charge in [-0.25, -0.2) is 0 Å². The van der Waals surface area contributed by atoms with Crippen LogP contribution in [0.3, 0.4) is 0 Å². The highest BCUT2D eigenvalue weighted by Gasteiger charge is 2.62. The second-order valence-corrected chi connectivity index (χ2v) is 6.11. The van der Waals surface area contributed by atoms with Gasteiger partial charge in [0.15, 0.2) is 11.6 Å². The first-order chi connectivity index (χ1) is 8.20. The van der Waals surface area contributed by atoms with Crippen LogP contribution >= 0.6 is 0 Å². The molecule has 6 nitrogen and oxygen atoms in total. The van der Waals surface area contributed by atoms with Gasteiger partial charge in [0.05, 0.1) is 0 Å². The van der Waals surface area contributed by atoms with Gasteiger partial charge < -0.3 is 29.2 Å². The number of aliphatic hydroxyl groups excluding tert-OH is 2. The maximum absolute atomic E-state index is 10.1. The van der Waals surface area contributed by atoms with Gasteiger partial charge in [0.2, 0.25) is 0 Å². The molecule has 0 amide bonds. The van der Waals surface area contributed by atoms with Crippen molar-refractivity contribution in [1.29, 1.82) is 0 Å². The minimum atomic E-state index is -1.03. The van der Waals surface area contributed by atoms with Crippen LogP contribution in [0, 0.1) is 0 Å². The Labute approximate surface area is 106 Å². The van der Waals surface area contributed by atoms with Gasteiger partial charge in [-0.05, 0) is 27.7 Å². The van der Waals surface area contributed by atoms with Gasteiger partial charge in [-0.2, -0.15) is 0 Å². The van der Waals surface area contributed by atoms with Crippen LogP contribution in [0.4, 0.5) is 0 Å². The van der Waals surface area contributed by atoms with Gasteiger partial charge in [0, 0.05) is 0 Å². The smallest absolute Gasteiger partial charge is 0.164 e. The van der Waals surface area contributed by atoms with Crippen molar-refractivity contribution in [2.45, 2.75) is 75.9 Å². The van der Waals surface area contributed by atoms with Crippen molar-refractivity contribution in [1.82, 2.24) is 0 Å². The summed E-state index contributed by atoms with van der Waals surface area (Å²) in [4.78, 5) is 0. The Morgan fingerprint density at radius 2 is 0.889 bits per heavy atom.